The third-order valence-electron chi connectivity index (χ3n) is 3.62. The molecule has 0 spiro atoms. The van der Waals surface area contributed by atoms with Crippen LogP contribution in [0.3, 0.4) is 0 Å². The Balaban J connectivity index is 2.01. The van der Waals surface area contributed by atoms with Crippen LogP contribution in [-0.4, -0.2) is 32.8 Å². The molecule has 3 nitrogen and oxygen atoms in total. The lowest BCUT2D eigenvalue weighted by Crippen LogP contribution is -2.34. The molecule has 0 unspecified atom stereocenters. The standard InChI is InChI=1S/C15H23FN2O/c16-14-3-1-4-15(11-14)18(8-2-7-17)12-13-5-9-19-10-6-13/h1,3-4,11,13H,2,5-10,12,17H2. The number of nitrogens with two attached hydrogens (primary N) is 1. The lowest BCUT2D eigenvalue weighted by molar-refractivity contribution is 0.0682. The summed E-state index contributed by atoms with van der Waals surface area (Å²) in [6, 6.07) is 6.83. The van der Waals surface area contributed by atoms with Gasteiger partial charge in [0.05, 0.1) is 0 Å². The maximum absolute atomic E-state index is 13.4. The van der Waals surface area contributed by atoms with Gasteiger partial charge in [0, 0.05) is 32.0 Å². The number of ether oxygens (including phenoxy) is 1. The van der Waals surface area contributed by atoms with E-state index in [9.17, 15) is 4.39 Å². The number of rotatable bonds is 6. The fraction of sp³-hybridized carbons (Fsp3) is 0.600. The molecule has 2 N–H and O–H groups in total. The van der Waals surface area contributed by atoms with Crippen LogP contribution in [0, 0.1) is 11.7 Å². The number of anilines is 1. The van der Waals surface area contributed by atoms with Crippen LogP contribution in [0.25, 0.3) is 0 Å². The van der Waals surface area contributed by atoms with Gasteiger partial charge >= 0.3 is 0 Å². The van der Waals surface area contributed by atoms with Crippen LogP contribution >= 0.6 is 0 Å². The van der Waals surface area contributed by atoms with Crippen LogP contribution < -0.4 is 10.6 Å². The lowest BCUT2D eigenvalue weighted by atomic mass is 9.99. The first-order chi connectivity index (χ1) is 9.29. The van der Waals surface area contributed by atoms with Gasteiger partial charge < -0.3 is 15.4 Å². The smallest absolute Gasteiger partial charge is 0.125 e. The zero-order chi connectivity index (χ0) is 13.5. The molecule has 1 aliphatic heterocycles. The monoisotopic (exact) mass is 266 g/mol. The summed E-state index contributed by atoms with van der Waals surface area (Å²) in [5.74, 6) is 0.456. The van der Waals surface area contributed by atoms with Crippen molar-refractivity contribution in [3.63, 3.8) is 0 Å². The molecule has 1 fully saturated rings. The maximum Gasteiger partial charge on any atom is 0.125 e. The number of benzene rings is 1. The van der Waals surface area contributed by atoms with Gasteiger partial charge in [0.25, 0.3) is 0 Å². The van der Waals surface area contributed by atoms with Crippen LogP contribution in [0.2, 0.25) is 0 Å². The van der Waals surface area contributed by atoms with Gasteiger partial charge in [-0.2, -0.15) is 0 Å². The van der Waals surface area contributed by atoms with Crippen molar-refractivity contribution in [3.8, 4) is 0 Å². The van der Waals surface area contributed by atoms with Gasteiger partial charge in [-0.3, -0.25) is 0 Å². The third kappa shape index (κ3) is 4.48. The van der Waals surface area contributed by atoms with Crippen LogP contribution in [0.4, 0.5) is 10.1 Å². The van der Waals surface area contributed by atoms with E-state index in [2.05, 4.69) is 4.90 Å². The summed E-state index contributed by atoms with van der Waals surface area (Å²) < 4.78 is 18.7. The molecule has 1 heterocycles. The van der Waals surface area contributed by atoms with Crippen LogP contribution in [0.15, 0.2) is 24.3 Å². The quantitative estimate of drug-likeness (QED) is 0.859. The highest BCUT2D eigenvalue weighted by Gasteiger charge is 2.18. The van der Waals surface area contributed by atoms with Gasteiger partial charge in [0.2, 0.25) is 0 Å². The van der Waals surface area contributed by atoms with E-state index in [4.69, 9.17) is 10.5 Å². The van der Waals surface area contributed by atoms with Crippen LogP contribution in [-0.2, 0) is 4.74 Å². The molecule has 1 aliphatic rings. The molecule has 2 rings (SSSR count). The van der Waals surface area contributed by atoms with Crippen molar-refractivity contribution in [2.24, 2.45) is 11.7 Å². The molecule has 0 bridgehead atoms. The summed E-state index contributed by atoms with van der Waals surface area (Å²) in [6.07, 6.45) is 3.11. The van der Waals surface area contributed by atoms with Crippen molar-refractivity contribution in [1.82, 2.24) is 0 Å². The van der Waals surface area contributed by atoms with Crippen molar-refractivity contribution in [2.45, 2.75) is 19.3 Å². The highest BCUT2D eigenvalue weighted by molar-refractivity contribution is 5.46. The third-order valence-corrected chi connectivity index (χ3v) is 3.62. The number of nitrogens with zero attached hydrogens (tertiary/aromatic N) is 1. The Morgan fingerprint density at radius 1 is 1.32 bits per heavy atom. The average Bonchev–Trinajstić information content (AvgIpc) is 2.44. The molecule has 0 aliphatic carbocycles. The summed E-state index contributed by atoms with van der Waals surface area (Å²) >= 11 is 0. The Morgan fingerprint density at radius 2 is 2.11 bits per heavy atom. The Labute approximate surface area is 114 Å². The first kappa shape index (κ1) is 14.3. The predicted molar refractivity (Wildman–Crippen MR) is 75.8 cm³/mol. The van der Waals surface area contributed by atoms with Crippen molar-refractivity contribution in [2.75, 3.05) is 37.7 Å². The Morgan fingerprint density at radius 3 is 2.79 bits per heavy atom. The van der Waals surface area contributed by atoms with Gasteiger partial charge in [-0.05, 0) is 49.9 Å². The van der Waals surface area contributed by atoms with Gasteiger partial charge in [-0.1, -0.05) is 6.07 Å². The first-order valence-corrected chi connectivity index (χ1v) is 7.08. The van der Waals surface area contributed by atoms with Crippen LogP contribution in [0.1, 0.15) is 19.3 Å². The Kier molecular flexibility index (Phi) is 5.61. The van der Waals surface area contributed by atoms with Crippen LogP contribution in [0.5, 0.6) is 0 Å². The van der Waals surface area contributed by atoms with E-state index < -0.39 is 0 Å². The van der Waals surface area contributed by atoms with Crippen molar-refractivity contribution >= 4 is 5.69 Å². The van der Waals surface area contributed by atoms with E-state index in [1.165, 1.54) is 6.07 Å². The molecule has 0 saturated carbocycles. The molecule has 1 saturated heterocycles. The molecular formula is C15H23FN2O. The molecule has 0 aromatic heterocycles. The van der Waals surface area contributed by atoms with Gasteiger partial charge in [-0.25, -0.2) is 4.39 Å². The van der Waals surface area contributed by atoms with E-state index in [1.807, 2.05) is 6.07 Å². The summed E-state index contributed by atoms with van der Waals surface area (Å²) in [6.45, 7) is 4.21. The fourth-order valence-electron chi connectivity index (χ4n) is 2.52. The normalized spacial score (nSPS) is 16.5. The fourth-order valence-corrected chi connectivity index (χ4v) is 2.52. The van der Waals surface area contributed by atoms with Gasteiger partial charge in [0.1, 0.15) is 5.82 Å². The lowest BCUT2D eigenvalue weighted by Gasteiger charge is -2.31. The molecule has 1 aromatic rings. The Bertz CT molecular complexity index is 380. The minimum Gasteiger partial charge on any atom is -0.381 e. The molecule has 0 radical (unpaired) electrons. The molecule has 0 atom stereocenters. The Hall–Kier alpha value is -1.13. The summed E-state index contributed by atoms with van der Waals surface area (Å²) in [4.78, 5) is 2.26. The molecule has 1 aromatic carbocycles. The molecule has 0 amide bonds. The molecular weight excluding hydrogens is 243 g/mol. The second-order valence-electron chi connectivity index (χ2n) is 5.12. The van der Waals surface area contributed by atoms with Gasteiger partial charge in [0.15, 0.2) is 0 Å². The SMILES string of the molecule is NCCCN(CC1CCOCC1)c1cccc(F)c1. The van der Waals surface area contributed by atoms with Crippen molar-refractivity contribution < 1.29 is 9.13 Å². The van der Waals surface area contributed by atoms with E-state index in [0.717, 1.165) is 51.3 Å². The van der Waals surface area contributed by atoms with E-state index in [-0.39, 0.29) is 5.82 Å². The second kappa shape index (κ2) is 7.46. The summed E-state index contributed by atoms with van der Waals surface area (Å²) in [5, 5.41) is 0. The number of hydrogen-bond donors (Lipinski definition) is 1. The largest absolute Gasteiger partial charge is 0.381 e. The maximum atomic E-state index is 13.4. The molecule has 19 heavy (non-hydrogen) atoms. The highest BCUT2D eigenvalue weighted by Crippen LogP contribution is 2.22. The second-order valence-corrected chi connectivity index (χ2v) is 5.12. The van der Waals surface area contributed by atoms with Crippen molar-refractivity contribution in [1.29, 1.82) is 0 Å². The first-order valence-electron chi connectivity index (χ1n) is 7.08. The minimum absolute atomic E-state index is 0.178. The molecule has 106 valence electrons. The highest BCUT2D eigenvalue weighted by atomic mass is 19.1. The molecule has 4 heteroatoms. The van der Waals surface area contributed by atoms with E-state index in [0.29, 0.717) is 12.5 Å². The number of hydrogen-bond acceptors (Lipinski definition) is 3. The van der Waals surface area contributed by atoms with E-state index in [1.54, 1.807) is 12.1 Å². The topological polar surface area (TPSA) is 38.5 Å². The number of halogens is 1. The summed E-state index contributed by atoms with van der Waals surface area (Å²) in [5.41, 5.74) is 6.56. The predicted octanol–water partition coefficient (Wildman–Crippen LogP) is 2.41. The summed E-state index contributed by atoms with van der Waals surface area (Å²) in [7, 11) is 0. The van der Waals surface area contributed by atoms with Gasteiger partial charge in [-0.15, -0.1) is 0 Å². The van der Waals surface area contributed by atoms with E-state index >= 15 is 0 Å². The average molecular weight is 266 g/mol. The zero-order valence-electron chi connectivity index (χ0n) is 11.4. The zero-order valence-corrected chi connectivity index (χ0v) is 11.4. The minimum atomic E-state index is -0.178. The van der Waals surface area contributed by atoms with Crippen molar-refractivity contribution in [3.05, 3.63) is 30.1 Å².